The number of rotatable bonds is 3. The summed E-state index contributed by atoms with van der Waals surface area (Å²) in [6.07, 6.45) is 6.26. The topological polar surface area (TPSA) is 59.1 Å². The molecule has 1 aliphatic carbocycles. The fourth-order valence-corrected chi connectivity index (χ4v) is 4.29. The molecular formula is C21H28N2O4. The van der Waals surface area contributed by atoms with E-state index in [0.29, 0.717) is 50.0 Å². The zero-order valence-electron chi connectivity index (χ0n) is 15.8. The summed E-state index contributed by atoms with van der Waals surface area (Å²) in [7, 11) is 0. The van der Waals surface area contributed by atoms with Crippen molar-refractivity contribution < 1.29 is 19.1 Å². The Hall–Kier alpha value is -2.24. The summed E-state index contributed by atoms with van der Waals surface area (Å²) in [4.78, 5) is 29.1. The molecule has 0 radical (unpaired) electrons. The second-order valence-corrected chi connectivity index (χ2v) is 7.78. The molecule has 4 rings (SSSR count). The molecule has 27 heavy (non-hydrogen) atoms. The van der Waals surface area contributed by atoms with E-state index in [0.717, 1.165) is 0 Å². The number of ether oxygens (including phenoxy) is 2. The summed E-state index contributed by atoms with van der Waals surface area (Å²) in [5.74, 6) is 2.05. The third-order valence-corrected chi connectivity index (χ3v) is 5.92. The molecule has 1 aromatic carbocycles. The fraction of sp³-hybridized carbons (Fsp3) is 0.619. The lowest BCUT2D eigenvalue weighted by molar-refractivity contribution is -0.146. The molecule has 1 atom stereocenters. The highest BCUT2D eigenvalue weighted by atomic mass is 16.6. The van der Waals surface area contributed by atoms with Crippen molar-refractivity contribution in [2.75, 3.05) is 32.8 Å². The molecule has 0 aromatic heterocycles. The molecule has 6 heteroatoms. The highest BCUT2D eigenvalue weighted by Crippen LogP contribution is 2.31. The first-order valence-electron chi connectivity index (χ1n) is 10.2. The Kier molecular flexibility index (Phi) is 5.50. The van der Waals surface area contributed by atoms with Gasteiger partial charge in [-0.25, -0.2) is 0 Å². The predicted molar refractivity (Wildman–Crippen MR) is 101 cm³/mol. The maximum absolute atomic E-state index is 12.8. The van der Waals surface area contributed by atoms with E-state index in [1.807, 2.05) is 29.2 Å². The van der Waals surface area contributed by atoms with Crippen molar-refractivity contribution in [3.8, 4) is 11.5 Å². The van der Waals surface area contributed by atoms with Crippen LogP contribution in [0.5, 0.6) is 11.5 Å². The molecule has 0 N–H and O–H groups in total. The summed E-state index contributed by atoms with van der Waals surface area (Å²) in [6, 6.07) is 7.41. The lowest BCUT2D eigenvalue weighted by Gasteiger charge is -2.37. The average molecular weight is 372 g/mol. The highest BCUT2D eigenvalue weighted by Gasteiger charge is 2.33. The Morgan fingerprint density at radius 1 is 0.926 bits per heavy atom. The first-order chi connectivity index (χ1) is 13.2. The van der Waals surface area contributed by atoms with Gasteiger partial charge in [-0.2, -0.15) is 0 Å². The number of benzene rings is 1. The number of nitrogens with zero attached hydrogens (tertiary/aromatic N) is 2. The van der Waals surface area contributed by atoms with Gasteiger partial charge in [-0.1, -0.05) is 31.4 Å². The number of carbonyl (C=O) groups excluding carboxylic acids is 2. The summed E-state index contributed by atoms with van der Waals surface area (Å²) in [5, 5.41) is 0. The van der Waals surface area contributed by atoms with Crippen molar-refractivity contribution in [2.24, 2.45) is 5.92 Å². The van der Waals surface area contributed by atoms with E-state index in [1.165, 1.54) is 32.1 Å². The molecule has 2 amide bonds. The maximum atomic E-state index is 12.8. The minimum absolute atomic E-state index is 0.0520. The van der Waals surface area contributed by atoms with Crippen LogP contribution < -0.4 is 9.47 Å². The van der Waals surface area contributed by atoms with Crippen LogP contribution in [0.1, 0.15) is 38.5 Å². The molecule has 6 nitrogen and oxygen atoms in total. The van der Waals surface area contributed by atoms with Gasteiger partial charge in [-0.3, -0.25) is 9.59 Å². The molecule has 1 aromatic rings. The normalized spacial score (nSPS) is 23.2. The minimum Gasteiger partial charge on any atom is -0.485 e. The van der Waals surface area contributed by atoms with Crippen LogP contribution in [-0.2, 0) is 9.59 Å². The van der Waals surface area contributed by atoms with Crippen LogP contribution in [0.4, 0.5) is 0 Å². The molecule has 1 saturated carbocycles. The van der Waals surface area contributed by atoms with Crippen LogP contribution in [0, 0.1) is 5.92 Å². The van der Waals surface area contributed by atoms with Gasteiger partial charge in [-0.05, 0) is 30.9 Å². The molecule has 2 heterocycles. The van der Waals surface area contributed by atoms with E-state index in [9.17, 15) is 9.59 Å². The van der Waals surface area contributed by atoms with Crippen molar-refractivity contribution in [2.45, 2.75) is 44.6 Å². The number of fused-ring (bicyclic) bond motifs is 1. The Labute approximate surface area is 160 Å². The number of hydrogen-bond donors (Lipinski definition) is 0. The molecule has 2 aliphatic heterocycles. The third-order valence-electron chi connectivity index (χ3n) is 5.92. The molecule has 1 saturated heterocycles. The highest BCUT2D eigenvalue weighted by molar-refractivity contribution is 5.82. The standard InChI is InChI=1S/C21H28N2O4/c24-20(14-16-6-2-1-3-7-16)22-10-12-23(13-11-22)21(25)19-15-26-17-8-4-5-9-18(17)27-19/h4-5,8-9,16,19H,1-3,6-7,10-15H2. The summed E-state index contributed by atoms with van der Waals surface area (Å²) in [6.45, 7) is 2.59. The van der Waals surface area contributed by atoms with Crippen molar-refractivity contribution in [3.05, 3.63) is 24.3 Å². The van der Waals surface area contributed by atoms with Gasteiger partial charge in [0.15, 0.2) is 11.5 Å². The lowest BCUT2D eigenvalue weighted by atomic mass is 9.86. The zero-order valence-corrected chi connectivity index (χ0v) is 15.8. The SMILES string of the molecule is O=C(CC1CCCCC1)N1CCN(C(=O)C2COc3ccccc3O2)CC1. The first-order valence-corrected chi connectivity index (χ1v) is 10.2. The second-order valence-electron chi connectivity index (χ2n) is 7.78. The van der Waals surface area contributed by atoms with Gasteiger partial charge in [0.25, 0.3) is 5.91 Å². The molecule has 1 unspecified atom stereocenters. The van der Waals surface area contributed by atoms with Crippen molar-refractivity contribution >= 4 is 11.8 Å². The smallest absolute Gasteiger partial charge is 0.267 e. The monoisotopic (exact) mass is 372 g/mol. The van der Waals surface area contributed by atoms with Gasteiger partial charge in [0, 0.05) is 32.6 Å². The Bertz CT molecular complexity index is 679. The van der Waals surface area contributed by atoms with Crippen LogP contribution in [0.15, 0.2) is 24.3 Å². The quantitative estimate of drug-likeness (QED) is 0.818. The average Bonchev–Trinajstić information content (AvgIpc) is 2.73. The van der Waals surface area contributed by atoms with E-state index in [2.05, 4.69) is 0 Å². The van der Waals surface area contributed by atoms with Gasteiger partial charge in [0.1, 0.15) is 6.61 Å². The molecule has 146 valence electrons. The van der Waals surface area contributed by atoms with Crippen LogP contribution in [0.2, 0.25) is 0 Å². The van der Waals surface area contributed by atoms with Gasteiger partial charge < -0.3 is 19.3 Å². The molecular weight excluding hydrogens is 344 g/mol. The van der Waals surface area contributed by atoms with E-state index in [-0.39, 0.29) is 18.4 Å². The summed E-state index contributed by atoms with van der Waals surface area (Å²) < 4.78 is 11.5. The van der Waals surface area contributed by atoms with E-state index in [1.54, 1.807) is 4.90 Å². The maximum Gasteiger partial charge on any atom is 0.267 e. The van der Waals surface area contributed by atoms with E-state index >= 15 is 0 Å². The van der Waals surface area contributed by atoms with E-state index in [4.69, 9.17) is 9.47 Å². The lowest BCUT2D eigenvalue weighted by Crippen LogP contribution is -2.55. The predicted octanol–water partition coefficient (Wildman–Crippen LogP) is 2.47. The van der Waals surface area contributed by atoms with Crippen molar-refractivity contribution in [3.63, 3.8) is 0 Å². The van der Waals surface area contributed by atoms with Crippen LogP contribution in [0.25, 0.3) is 0 Å². The number of piperazine rings is 1. The van der Waals surface area contributed by atoms with Crippen molar-refractivity contribution in [1.82, 2.24) is 9.80 Å². The third kappa shape index (κ3) is 4.20. The Morgan fingerprint density at radius 2 is 1.59 bits per heavy atom. The molecule has 2 fully saturated rings. The second kappa shape index (κ2) is 8.19. The fourth-order valence-electron chi connectivity index (χ4n) is 4.29. The van der Waals surface area contributed by atoms with Gasteiger partial charge in [0.05, 0.1) is 0 Å². The van der Waals surface area contributed by atoms with Gasteiger partial charge >= 0.3 is 0 Å². The largest absolute Gasteiger partial charge is 0.485 e. The molecule has 3 aliphatic rings. The Balaban J connectivity index is 1.26. The number of amides is 2. The zero-order chi connectivity index (χ0) is 18.6. The van der Waals surface area contributed by atoms with Crippen LogP contribution in [0.3, 0.4) is 0 Å². The Morgan fingerprint density at radius 3 is 2.33 bits per heavy atom. The van der Waals surface area contributed by atoms with E-state index < -0.39 is 6.10 Å². The number of para-hydroxylation sites is 2. The van der Waals surface area contributed by atoms with Gasteiger partial charge in [-0.15, -0.1) is 0 Å². The van der Waals surface area contributed by atoms with Crippen LogP contribution in [-0.4, -0.2) is 60.5 Å². The van der Waals surface area contributed by atoms with Crippen LogP contribution >= 0.6 is 0 Å². The minimum atomic E-state index is -0.607. The number of carbonyl (C=O) groups is 2. The van der Waals surface area contributed by atoms with Crippen molar-refractivity contribution in [1.29, 1.82) is 0 Å². The first kappa shape index (κ1) is 18.1. The molecule has 0 bridgehead atoms. The molecule has 0 spiro atoms. The number of hydrogen-bond acceptors (Lipinski definition) is 4. The summed E-state index contributed by atoms with van der Waals surface area (Å²) >= 11 is 0. The van der Waals surface area contributed by atoms with Gasteiger partial charge in [0.2, 0.25) is 12.0 Å². The summed E-state index contributed by atoms with van der Waals surface area (Å²) in [5.41, 5.74) is 0.